The molecule has 0 spiro atoms. The van der Waals surface area contributed by atoms with Crippen molar-refractivity contribution in [1.82, 2.24) is 5.43 Å². The molecular weight excluding hydrogens is 218 g/mol. The quantitative estimate of drug-likeness (QED) is 0.477. The van der Waals surface area contributed by atoms with Gasteiger partial charge in [0, 0.05) is 12.1 Å². The molecule has 0 amide bonds. The number of benzene rings is 1. The highest BCUT2D eigenvalue weighted by Gasteiger charge is 2.01. The molecule has 0 unspecified atom stereocenters. The predicted octanol–water partition coefficient (Wildman–Crippen LogP) is 2.00. The highest BCUT2D eigenvalue weighted by molar-refractivity contribution is 7.80. The summed E-state index contributed by atoms with van der Waals surface area (Å²) in [4.78, 5) is 0. The largest absolute Gasteiger partial charge is 0.375 e. The molecule has 0 bridgehead atoms. The van der Waals surface area contributed by atoms with E-state index in [0.717, 1.165) is 18.6 Å². The second-order valence-electron chi connectivity index (χ2n) is 3.62. The molecule has 0 heterocycles. The first-order chi connectivity index (χ1) is 7.63. The van der Waals surface area contributed by atoms with Crippen molar-refractivity contribution in [2.45, 2.75) is 26.7 Å². The Hall–Kier alpha value is -1.42. The van der Waals surface area contributed by atoms with E-state index in [4.69, 9.17) is 5.73 Å². The summed E-state index contributed by atoms with van der Waals surface area (Å²) in [5, 5.41) is 4.29. The zero-order valence-electron chi connectivity index (χ0n) is 9.66. The Morgan fingerprint density at radius 1 is 1.38 bits per heavy atom. The van der Waals surface area contributed by atoms with Gasteiger partial charge in [-0.2, -0.15) is 5.10 Å². The van der Waals surface area contributed by atoms with Crippen LogP contribution in [0.2, 0.25) is 0 Å². The van der Waals surface area contributed by atoms with E-state index in [0.29, 0.717) is 0 Å². The summed E-state index contributed by atoms with van der Waals surface area (Å²) in [7, 11) is 0. The van der Waals surface area contributed by atoms with E-state index in [1.54, 1.807) is 0 Å². The fourth-order valence-electron chi connectivity index (χ4n) is 1.54. The molecule has 0 aliphatic heterocycles. The second-order valence-corrected chi connectivity index (χ2v) is 4.06. The number of hydrogen-bond acceptors (Lipinski definition) is 2. The number of nitrogens with zero attached hydrogens (tertiary/aromatic N) is 1. The van der Waals surface area contributed by atoms with Crippen LogP contribution in [0.3, 0.4) is 0 Å². The molecule has 86 valence electrons. The van der Waals surface area contributed by atoms with Crippen LogP contribution in [0.4, 0.5) is 0 Å². The van der Waals surface area contributed by atoms with Gasteiger partial charge in [0.2, 0.25) is 0 Å². The molecule has 16 heavy (non-hydrogen) atoms. The van der Waals surface area contributed by atoms with Crippen LogP contribution in [0.1, 0.15) is 25.0 Å². The minimum atomic E-state index is 0.197. The Balaban J connectivity index is 2.72. The maximum Gasteiger partial charge on any atom is 0.184 e. The fraction of sp³-hybridized carbons (Fsp3) is 0.333. The van der Waals surface area contributed by atoms with Gasteiger partial charge >= 0.3 is 0 Å². The van der Waals surface area contributed by atoms with Crippen LogP contribution in [-0.4, -0.2) is 10.8 Å². The fourth-order valence-corrected chi connectivity index (χ4v) is 1.59. The lowest BCUT2D eigenvalue weighted by atomic mass is 10.0. The molecule has 1 aromatic rings. The lowest BCUT2D eigenvalue weighted by Gasteiger charge is -2.07. The van der Waals surface area contributed by atoms with E-state index >= 15 is 0 Å². The molecule has 0 saturated heterocycles. The number of nitrogens with one attached hydrogen (secondary N) is 1. The number of rotatable bonds is 4. The van der Waals surface area contributed by atoms with Gasteiger partial charge in [-0.25, -0.2) is 0 Å². The van der Waals surface area contributed by atoms with Gasteiger partial charge in [0.1, 0.15) is 0 Å². The standard InChI is InChI=1S/C12H17N3S/c1-3-10-6-4-5-7-11(10)8-9(2)14-15-12(13)16/h4-7H,3,8H2,1-2H3,(H3,13,15,16). The number of hydrazone groups is 1. The Kier molecular flexibility index (Phi) is 4.92. The first-order valence-corrected chi connectivity index (χ1v) is 5.69. The molecule has 0 atom stereocenters. The van der Waals surface area contributed by atoms with Gasteiger partial charge in [0.05, 0.1) is 0 Å². The minimum absolute atomic E-state index is 0.197. The Bertz CT molecular complexity index is 399. The molecule has 1 aromatic carbocycles. The molecule has 4 heteroatoms. The third kappa shape index (κ3) is 3.98. The Labute approximate surface area is 102 Å². The molecule has 3 nitrogen and oxygen atoms in total. The number of thiocarbonyl (C=S) groups is 1. The highest BCUT2D eigenvalue weighted by atomic mass is 32.1. The van der Waals surface area contributed by atoms with Gasteiger partial charge in [-0.3, -0.25) is 5.43 Å². The Morgan fingerprint density at radius 3 is 2.56 bits per heavy atom. The van der Waals surface area contributed by atoms with Gasteiger partial charge in [-0.15, -0.1) is 0 Å². The van der Waals surface area contributed by atoms with Crippen LogP contribution in [0.25, 0.3) is 0 Å². The first-order valence-electron chi connectivity index (χ1n) is 5.29. The van der Waals surface area contributed by atoms with Crippen molar-refractivity contribution < 1.29 is 0 Å². The van der Waals surface area contributed by atoms with Crippen LogP contribution in [-0.2, 0) is 12.8 Å². The number of hydrogen-bond donors (Lipinski definition) is 2. The van der Waals surface area contributed by atoms with Crippen molar-refractivity contribution >= 4 is 23.0 Å². The van der Waals surface area contributed by atoms with Crippen LogP contribution >= 0.6 is 12.2 Å². The van der Waals surface area contributed by atoms with Crippen molar-refractivity contribution in [1.29, 1.82) is 0 Å². The van der Waals surface area contributed by atoms with Crippen LogP contribution < -0.4 is 11.2 Å². The lowest BCUT2D eigenvalue weighted by Crippen LogP contribution is -2.25. The van der Waals surface area contributed by atoms with Crippen LogP contribution in [0.15, 0.2) is 29.4 Å². The molecule has 0 fully saturated rings. The zero-order valence-corrected chi connectivity index (χ0v) is 10.5. The minimum Gasteiger partial charge on any atom is -0.375 e. The van der Waals surface area contributed by atoms with E-state index in [2.05, 4.69) is 47.9 Å². The molecule has 3 N–H and O–H groups in total. The van der Waals surface area contributed by atoms with Crippen molar-refractivity contribution in [3.05, 3.63) is 35.4 Å². The average molecular weight is 235 g/mol. The van der Waals surface area contributed by atoms with E-state index < -0.39 is 0 Å². The summed E-state index contributed by atoms with van der Waals surface area (Å²) in [6.45, 7) is 4.11. The van der Waals surface area contributed by atoms with Crippen molar-refractivity contribution in [3.63, 3.8) is 0 Å². The van der Waals surface area contributed by atoms with Gasteiger partial charge in [0.25, 0.3) is 0 Å². The highest BCUT2D eigenvalue weighted by Crippen LogP contribution is 2.10. The summed E-state index contributed by atoms with van der Waals surface area (Å²) in [6.07, 6.45) is 1.85. The van der Waals surface area contributed by atoms with Gasteiger partial charge in [-0.05, 0) is 36.7 Å². The summed E-state index contributed by atoms with van der Waals surface area (Å²) >= 11 is 4.69. The topological polar surface area (TPSA) is 50.4 Å². The molecule has 0 aromatic heterocycles. The van der Waals surface area contributed by atoms with Gasteiger partial charge in [-0.1, -0.05) is 31.2 Å². The SMILES string of the molecule is CCc1ccccc1CC(C)=NNC(N)=S. The van der Waals surface area contributed by atoms with Gasteiger partial charge in [0.15, 0.2) is 5.11 Å². The molecule has 1 rings (SSSR count). The predicted molar refractivity (Wildman–Crippen MR) is 72.6 cm³/mol. The maximum absolute atomic E-state index is 5.30. The molecule has 0 aliphatic carbocycles. The number of aryl methyl sites for hydroxylation is 1. The monoisotopic (exact) mass is 235 g/mol. The summed E-state index contributed by atoms with van der Waals surface area (Å²) in [5.41, 5.74) is 11.5. The Morgan fingerprint density at radius 2 is 2.00 bits per heavy atom. The van der Waals surface area contributed by atoms with Crippen LogP contribution in [0.5, 0.6) is 0 Å². The molecule has 0 saturated carbocycles. The molecular formula is C12H17N3S. The van der Waals surface area contributed by atoms with Crippen molar-refractivity contribution in [2.75, 3.05) is 0 Å². The summed E-state index contributed by atoms with van der Waals surface area (Å²) in [6, 6.07) is 8.37. The maximum atomic E-state index is 5.30. The van der Waals surface area contributed by atoms with Crippen molar-refractivity contribution in [3.8, 4) is 0 Å². The summed E-state index contributed by atoms with van der Waals surface area (Å²) in [5.74, 6) is 0. The number of nitrogens with two attached hydrogens (primary N) is 1. The van der Waals surface area contributed by atoms with E-state index in [1.165, 1.54) is 11.1 Å². The van der Waals surface area contributed by atoms with Gasteiger partial charge < -0.3 is 5.73 Å². The molecule has 0 radical (unpaired) electrons. The van der Waals surface area contributed by atoms with Crippen LogP contribution in [0, 0.1) is 0 Å². The third-order valence-corrected chi connectivity index (χ3v) is 2.39. The van der Waals surface area contributed by atoms with E-state index in [-0.39, 0.29) is 5.11 Å². The average Bonchev–Trinajstić information content (AvgIpc) is 2.27. The third-order valence-electron chi connectivity index (χ3n) is 2.30. The van der Waals surface area contributed by atoms with E-state index in [1.807, 2.05) is 13.0 Å². The van der Waals surface area contributed by atoms with E-state index in [9.17, 15) is 0 Å². The lowest BCUT2D eigenvalue weighted by molar-refractivity contribution is 1.01. The normalized spacial score (nSPS) is 11.2. The molecule has 0 aliphatic rings. The zero-order chi connectivity index (χ0) is 12.0. The summed E-state index contributed by atoms with van der Waals surface area (Å²) < 4.78 is 0. The smallest absolute Gasteiger partial charge is 0.184 e. The first kappa shape index (κ1) is 12.6. The van der Waals surface area contributed by atoms with Crippen molar-refractivity contribution in [2.24, 2.45) is 10.8 Å². The second kappa shape index (κ2) is 6.23.